The monoisotopic (exact) mass is 702 g/mol. The number of benzene rings is 6. The van der Waals surface area contributed by atoms with Gasteiger partial charge >= 0.3 is 6.85 Å². The molecule has 0 spiro atoms. The summed E-state index contributed by atoms with van der Waals surface area (Å²) in [6, 6.07) is 39.3. The van der Waals surface area contributed by atoms with Crippen molar-refractivity contribution in [3.63, 3.8) is 0 Å². The second-order valence-electron chi connectivity index (χ2n) is 17.3. The fourth-order valence-corrected chi connectivity index (χ4v) is 11.7. The molecule has 0 saturated heterocycles. The van der Waals surface area contributed by atoms with Crippen LogP contribution in [-0.2, 0) is 10.8 Å². The lowest BCUT2D eigenvalue weighted by Gasteiger charge is -2.44. The van der Waals surface area contributed by atoms with E-state index in [9.17, 15) is 0 Å². The van der Waals surface area contributed by atoms with Crippen molar-refractivity contribution in [3.8, 4) is 11.1 Å². The number of aromatic nitrogens is 1. The number of hydrogen-bond donors (Lipinski definition) is 0. The lowest BCUT2D eigenvalue weighted by atomic mass is 9.45. The smallest absolute Gasteiger partial charge is 0.333 e. The van der Waals surface area contributed by atoms with Crippen molar-refractivity contribution in [2.45, 2.75) is 65.2 Å². The summed E-state index contributed by atoms with van der Waals surface area (Å²) in [5, 5.41) is 5.00. The Kier molecular flexibility index (Phi) is 5.61. The van der Waals surface area contributed by atoms with Crippen LogP contribution < -0.4 is 15.8 Å². The van der Waals surface area contributed by atoms with Crippen LogP contribution in [0.4, 0.5) is 17.1 Å². The summed E-state index contributed by atoms with van der Waals surface area (Å²) in [7, 11) is 0. The summed E-state index contributed by atoms with van der Waals surface area (Å²) in [6.45, 7) is 14.3. The number of aryl methyl sites for hydroxylation is 2. The van der Waals surface area contributed by atoms with Gasteiger partial charge in [0.25, 0.3) is 0 Å². The summed E-state index contributed by atoms with van der Waals surface area (Å²) in [4.78, 5) is 2.63. The van der Waals surface area contributed by atoms with Crippen LogP contribution in [0.1, 0.15) is 62.8 Å². The van der Waals surface area contributed by atoms with Crippen molar-refractivity contribution in [1.29, 1.82) is 0 Å². The van der Waals surface area contributed by atoms with E-state index in [1.807, 2.05) is 11.3 Å². The highest BCUT2D eigenvalue weighted by Gasteiger charge is 2.45. The molecule has 256 valence electrons. The predicted molar refractivity (Wildman–Crippen MR) is 227 cm³/mol. The first-order chi connectivity index (χ1) is 25.6. The van der Waals surface area contributed by atoms with Gasteiger partial charge in [-0.15, -0.1) is 11.3 Å². The van der Waals surface area contributed by atoms with Crippen molar-refractivity contribution < 1.29 is 4.42 Å². The van der Waals surface area contributed by atoms with E-state index in [0.29, 0.717) is 0 Å². The Morgan fingerprint density at radius 2 is 1.36 bits per heavy atom. The van der Waals surface area contributed by atoms with Gasteiger partial charge in [0.1, 0.15) is 11.2 Å². The molecule has 0 bridgehead atoms. The molecule has 0 unspecified atom stereocenters. The summed E-state index contributed by atoms with van der Waals surface area (Å²) in [5.41, 5.74) is 19.5. The van der Waals surface area contributed by atoms with E-state index in [1.54, 1.807) is 0 Å². The molecule has 3 nitrogen and oxygen atoms in total. The van der Waals surface area contributed by atoms with Gasteiger partial charge in [0.15, 0.2) is 0 Å². The quantitative estimate of drug-likeness (QED) is 0.159. The molecule has 12 rings (SSSR count). The Bertz CT molecular complexity index is 3120. The number of anilines is 3. The van der Waals surface area contributed by atoms with Crippen molar-refractivity contribution in [3.05, 3.63) is 125 Å². The summed E-state index contributed by atoms with van der Waals surface area (Å²) < 4.78 is 12.1. The van der Waals surface area contributed by atoms with Crippen LogP contribution in [0.3, 0.4) is 0 Å². The van der Waals surface area contributed by atoms with Crippen molar-refractivity contribution >= 4 is 99.3 Å². The Morgan fingerprint density at radius 3 is 2.19 bits per heavy atom. The summed E-state index contributed by atoms with van der Waals surface area (Å²) in [6.07, 6.45) is 2.38. The number of furan rings is 1. The van der Waals surface area contributed by atoms with Crippen LogP contribution in [0, 0.1) is 13.8 Å². The van der Waals surface area contributed by atoms with Gasteiger partial charge in [-0.05, 0) is 113 Å². The zero-order valence-corrected chi connectivity index (χ0v) is 31.8. The Balaban J connectivity index is 1.26. The molecule has 2 aliphatic heterocycles. The van der Waals surface area contributed by atoms with Crippen LogP contribution >= 0.6 is 11.3 Å². The Morgan fingerprint density at radius 1 is 0.623 bits per heavy atom. The molecule has 0 atom stereocenters. The number of rotatable bonds is 1. The van der Waals surface area contributed by atoms with Crippen LogP contribution in [-0.4, -0.2) is 11.3 Å². The summed E-state index contributed by atoms with van der Waals surface area (Å²) in [5.74, 6) is 0. The molecule has 53 heavy (non-hydrogen) atoms. The molecule has 6 aromatic carbocycles. The maximum Gasteiger partial charge on any atom is 0.333 e. The standard InChI is InChI=1S/C48H39BN2OS/c1-26-20-33-29-14-11-15-31-44(29)51(45-30-13-8-10-17-42(30)53-46(31)45)49-36-25-41-32(28-12-7-9-16-40(28)52-41)23-38(36)50(39(21-26)43(33)49)37-24-35-34(22-27(37)2)47(3,4)18-19-48(35,5)6/h7-17,20-25H,18-19H2,1-6H3. The molecule has 0 N–H and O–H groups in total. The number of fused-ring (bicyclic) bond motifs is 13. The Labute approximate surface area is 313 Å². The summed E-state index contributed by atoms with van der Waals surface area (Å²) >= 11 is 1.93. The Hall–Kier alpha value is -5.26. The van der Waals surface area contributed by atoms with Gasteiger partial charge < -0.3 is 13.8 Å². The van der Waals surface area contributed by atoms with Gasteiger partial charge in [0.2, 0.25) is 0 Å². The average Bonchev–Trinajstić information content (AvgIpc) is 3.81. The molecule has 0 fully saturated rings. The third kappa shape index (κ3) is 3.76. The fourth-order valence-electron chi connectivity index (χ4n) is 10.5. The molecular weight excluding hydrogens is 663 g/mol. The van der Waals surface area contributed by atoms with E-state index in [4.69, 9.17) is 4.42 Å². The SMILES string of the molecule is Cc1cc2c3c(c1)N(c1cc4c(cc1C)C(C)(C)CCC4(C)C)c1cc4c(cc1B3n1c3c-2cccc3c2sc3ccccc3c21)oc1ccccc14. The lowest BCUT2D eigenvalue weighted by molar-refractivity contribution is 0.332. The van der Waals surface area contributed by atoms with E-state index < -0.39 is 0 Å². The number of nitrogens with zero attached hydrogens (tertiary/aromatic N) is 2. The molecular formula is C48H39BN2OS. The minimum atomic E-state index is -0.0225. The first-order valence-corrected chi connectivity index (χ1v) is 19.9. The highest BCUT2D eigenvalue weighted by atomic mass is 32.1. The maximum absolute atomic E-state index is 6.70. The molecule has 5 heterocycles. The normalized spacial score (nSPS) is 16.6. The number of hydrogen-bond acceptors (Lipinski definition) is 3. The highest BCUT2D eigenvalue weighted by Crippen LogP contribution is 2.52. The zero-order valence-electron chi connectivity index (χ0n) is 31.0. The lowest BCUT2D eigenvalue weighted by Crippen LogP contribution is -2.56. The van der Waals surface area contributed by atoms with Crippen LogP contribution in [0.15, 0.2) is 108 Å². The van der Waals surface area contributed by atoms with Crippen molar-refractivity contribution in [2.75, 3.05) is 4.90 Å². The van der Waals surface area contributed by atoms with Crippen LogP contribution in [0.25, 0.3) is 64.3 Å². The number of para-hydroxylation sites is 2. The molecule has 0 radical (unpaired) electrons. The van der Waals surface area contributed by atoms with Crippen LogP contribution in [0.2, 0.25) is 0 Å². The fraction of sp³-hybridized carbons (Fsp3) is 0.208. The third-order valence-corrected chi connectivity index (χ3v) is 14.4. The second kappa shape index (κ2) is 9.83. The van der Waals surface area contributed by atoms with Gasteiger partial charge in [0, 0.05) is 54.4 Å². The minimum absolute atomic E-state index is 0.0225. The predicted octanol–water partition coefficient (Wildman–Crippen LogP) is 12.3. The van der Waals surface area contributed by atoms with Gasteiger partial charge in [-0.3, -0.25) is 0 Å². The second-order valence-corrected chi connectivity index (χ2v) is 18.3. The molecule has 5 heteroatoms. The first kappa shape index (κ1) is 30.2. The minimum Gasteiger partial charge on any atom is -0.456 e. The van der Waals surface area contributed by atoms with E-state index in [-0.39, 0.29) is 17.7 Å². The maximum atomic E-state index is 6.70. The third-order valence-electron chi connectivity index (χ3n) is 13.2. The van der Waals surface area contributed by atoms with E-state index in [0.717, 1.165) is 21.9 Å². The average molecular weight is 703 g/mol. The van der Waals surface area contributed by atoms with E-state index in [2.05, 4.69) is 154 Å². The topological polar surface area (TPSA) is 21.3 Å². The number of thiophene rings is 1. The molecule has 0 saturated carbocycles. The van der Waals surface area contributed by atoms with Gasteiger partial charge in [-0.1, -0.05) is 94.4 Å². The molecule has 3 aliphatic rings. The van der Waals surface area contributed by atoms with E-state index >= 15 is 0 Å². The van der Waals surface area contributed by atoms with Crippen molar-refractivity contribution in [2.24, 2.45) is 0 Å². The molecule has 9 aromatic rings. The molecule has 3 aromatic heterocycles. The van der Waals surface area contributed by atoms with E-state index in [1.165, 1.54) is 105 Å². The molecule has 1 aliphatic carbocycles. The largest absolute Gasteiger partial charge is 0.456 e. The van der Waals surface area contributed by atoms with Gasteiger partial charge in [-0.25, -0.2) is 0 Å². The van der Waals surface area contributed by atoms with Crippen LogP contribution in [0.5, 0.6) is 0 Å². The highest BCUT2D eigenvalue weighted by molar-refractivity contribution is 7.27. The molecule has 0 amide bonds. The van der Waals surface area contributed by atoms with Gasteiger partial charge in [0.05, 0.1) is 10.2 Å². The first-order valence-electron chi connectivity index (χ1n) is 19.1. The zero-order chi connectivity index (χ0) is 35.7. The van der Waals surface area contributed by atoms with Gasteiger partial charge in [-0.2, -0.15) is 0 Å². The van der Waals surface area contributed by atoms with Crippen molar-refractivity contribution in [1.82, 2.24) is 4.48 Å².